The molecule has 1 heterocycles. The fraction of sp³-hybridized carbons (Fsp3) is 0.200. The minimum absolute atomic E-state index is 0.0641. The molecule has 0 spiro atoms. The summed E-state index contributed by atoms with van der Waals surface area (Å²) in [5.41, 5.74) is 0.334. The van der Waals surface area contributed by atoms with Gasteiger partial charge in [-0.1, -0.05) is 0 Å². The van der Waals surface area contributed by atoms with E-state index in [9.17, 15) is 4.79 Å². The zero-order valence-electron chi connectivity index (χ0n) is 7.94. The van der Waals surface area contributed by atoms with E-state index in [0.717, 1.165) is 0 Å². The number of esters is 1. The normalized spacial score (nSPS) is 12.0. The minimum Gasteiger partial charge on any atom is -0.465 e. The van der Waals surface area contributed by atoms with E-state index in [0.29, 0.717) is 11.5 Å². The zero-order valence-corrected chi connectivity index (χ0v) is 7.94. The first-order valence-electron chi connectivity index (χ1n) is 4.19. The van der Waals surface area contributed by atoms with Crippen molar-refractivity contribution in [1.82, 2.24) is 0 Å². The predicted octanol–water partition coefficient (Wildman–Crippen LogP) is 1.07. The average Bonchev–Trinajstić information content (AvgIpc) is 2.74. The maximum atomic E-state index is 11.3. The molecule has 0 bridgehead atoms. The van der Waals surface area contributed by atoms with Crippen LogP contribution in [-0.2, 0) is 4.74 Å². The summed E-state index contributed by atoms with van der Waals surface area (Å²) in [6.45, 7) is 0.0641. The Balaban J connectivity index is 2.59. The van der Waals surface area contributed by atoms with E-state index in [2.05, 4.69) is 4.74 Å². The smallest absolute Gasteiger partial charge is 0.339 e. The molecule has 1 aromatic carbocycles. The van der Waals surface area contributed by atoms with Crippen LogP contribution < -0.4 is 9.47 Å². The molecule has 0 aromatic heterocycles. The van der Waals surface area contributed by atoms with E-state index in [4.69, 9.17) is 14.7 Å². The Kier molecular flexibility index (Phi) is 2.18. The quantitative estimate of drug-likeness (QED) is 0.641. The molecule has 1 aliphatic heterocycles. The van der Waals surface area contributed by atoms with Gasteiger partial charge in [-0.25, -0.2) is 4.79 Å². The molecule has 0 aliphatic carbocycles. The van der Waals surface area contributed by atoms with Crippen molar-refractivity contribution in [3.8, 4) is 17.6 Å². The molecule has 0 saturated heterocycles. The number of hydrogen-bond acceptors (Lipinski definition) is 5. The van der Waals surface area contributed by atoms with Crippen LogP contribution in [0.2, 0.25) is 0 Å². The van der Waals surface area contributed by atoms with Crippen molar-refractivity contribution in [2.45, 2.75) is 0 Å². The van der Waals surface area contributed by atoms with Gasteiger partial charge in [0.25, 0.3) is 0 Å². The largest absolute Gasteiger partial charge is 0.465 e. The number of hydrogen-bond donors (Lipinski definition) is 0. The molecule has 5 heteroatoms. The Morgan fingerprint density at radius 3 is 3.00 bits per heavy atom. The van der Waals surface area contributed by atoms with Gasteiger partial charge in [0.05, 0.1) is 12.7 Å². The third-order valence-corrected chi connectivity index (χ3v) is 2.06. The highest BCUT2D eigenvalue weighted by atomic mass is 16.7. The number of ether oxygens (including phenoxy) is 3. The van der Waals surface area contributed by atoms with Crippen LogP contribution in [0.5, 0.6) is 11.5 Å². The minimum atomic E-state index is -0.565. The molecule has 15 heavy (non-hydrogen) atoms. The monoisotopic (exact) mass is 205 g/mol. The van der Waals surface area contributed by atoms with Crippen LogP contribution in [0.15, 0.2) is 12.1 Å². The SMILES string of the molecule is COC(=O)c1ccc2c(c1C#N)OCO2. The molecule has 0 saturated carbocycles. The van der Waals surface area contributed by atoms with E-state index in [1.54, 1.807) is 6.07 Å². The summed E-state index contributed by atoms with van der Waals surface area (Å²) in [5.74, 6) is 0.212. The number of carbonyl (C=O) groups is 1. The number of rotatable bonds is 1. The number of nitrogens with zero attached hydrogens (tertiary/aromatic N) is 1. The molecule has 1 aliphatic rings. The Morgan fingerprint density at radius 2 is 2.33 bits per heavy atom. The maximum Gasteiger partial charge on any atom is 0.339 e. The zero-order chi connectivity index (χ0) is 10.8. The van der Waals surface area contributed by atoms with Crippen LogP contribution in [0, 0.1) is 11.3 Å². The molecule has 0 radical (unpaired) electrons. The van der Waals surface area contributed by atoms with Crippen LogP contribution in [0.3, 0.4) is 0 Å². The summed E-state index contributed by atoms with van der Waals surface area (Å²) in [4.78, 5) is 11.3. The van der Waals surface area contributed by atoms with Crippen LogP contribution in [-0.4, -0.2) is 19.9 Å². The molecular formula is C10H7NO4. The summed E-state index contributed by atoms with van der Waals surface area (Å²) in [6, 6.07) is 4.97. The van der Waals surface area contributed by atoms with Crippen molar-refractivity contribution in [3.63, 3.8) is 0 Å². The van der Waals surface area contributed by atoms with Gasteiger partial charge in [-0.15, -0.1) is 0 Å². The Bertz CT molecular complexity index is 461. The first-order chi connectivity index (χ1) is 7.27. The van der Waals surface area contributed by atoms with E-state index in [-0.39, 0.29) is 17.9 Å². The van der Waals surface area contributed by atoms with Gasteiger partial charge in [0, 0.05) is 0 Å². The van der Waals surface area contributed by atoms with E-state index < -0.39 is 5.97 Å². The van der Waals surface area contributed by atoms with Gasteiger partial charge < -0.3 is 14.2 Å². The van der Waals surface area contributed by atoms with E-state index in [1.165, 1.54) is 13.2 Å². The molecule has 0 fully saturated rings. The molecule has 2 rings (SSSR count). The number of carbonyl (C=O) groups excluding carboxylic acids is 1. The number of benzene rings is 1. The van der Waals surface area contributed by atoms with Gasteiger partial charge in [-0.05, 0) is 12.1 Å². The summed E-state index contributed by atoms with van der Waals surface area (Å²) >= 11 is 0. The standard InChI is InChI=1S/C10H7NO4/c1-13-10(12)6-2-3-8-9(7(6)4-11)15-5-14-8/h2-3H,5H2,1H3. The van der Waals surface area contributed by atoms with Gasteiger partial charge in [-0.3, -0.25) is 0 Å². The van der Waals surface area contributed by atoms with Crippen LogP contribution in [0.1, 0.15) is 15.9 Å². The van der Waals surface area contributed by atoms with Crippen molar-refractivity contribution in [3.05, 3.63) is 23.3 Å². The summed E-state index contributed by atoms with van der Waals surface area (Å²) in [6.07, 6.45) is 0. The second-order valence-corrected chi connectivity index (χ2v) is 2.83. The molecular weight excluding hydrogens is 198 g/mol. The van der Waals surface area contributed by atoms with Crippen molar-refractivity contribution < 1.29 is 19.0 Å². The Morgan fingerprint density at radius 1 is 1.53 bits per heavy atom. The topological polar surface area (TPSA) is 68.6 Å². The highest BCUT2D eigenvalue weighted by Gasteiger charge is 2.24. The number of fused-ring (bicyclic) bond motifs is 1. The van der Waals surface area contributed by atoms with Gasteiger partial charge in [-0.2, -0.15) is 5.26 Å². The lowest BCUT2D eigenvalue weighted by Crippen LogP contribution is -2.04. The fourth-order valence-electron chi connectivity index (χ4n) is 1.36. The van der Waals surface area contributed by atoms with Crippen molar-refractivity contribution in [1.29, 1.82) is 5.26 Å². The second-order valence-electron chi connectivity index (χ2n) is 2.83. The summed E-state index contributed by atoms with van der Waals surface area (Å²) < 4.78 is 14.7. The fourth-order valence-corrected chi connectivity index (χ4v) is 1.36. The summed E-state index contributed by atoms with van der Waals surface area (Å²) in [7, 11) is 1.26. The lowest BCUT2D eigenvalue weighted by atomic mass is 10.1. The average molecular weight is 205 g/mol. The number of methoxy groups -OCH3 is 1. The molecule has 5 nitrogen and oxygen atoms in total. The Hall–Kier alpha value is -2.22. The highest BCUT2D eigenvalue weighted by Crippen LogP contribution is 2.37. The third kappa shape index (κ3) is 1.36. The van der Waals surface area contributed by atoms with Crippen LogP contribution in [0.4, 0.5) is 0 Å². The highest BCUT2D eigenvalue weighted by molar-refractivity contribution is 5.93. The second kappa shape index (κ2) is 3.50. The molecule has 0 amide bonds. The van der Waals surface area contributed by atoms with Crippen molar-refractivity contribution >= 4 is 5.97 Å². The lowest BCUT2D eigenvalue weighted by molar-refractivity contribution is 0.0600. The summed E-state index contributed by atoms with van der Waals surface area (Å²) in [5, 5.41) is 8.93. The van der Waals surface area contributed by atoms with E-state index in [1.807, 2.05) is 6.07 Å². The van der Waals surface area contributed by atoms with Gasteiger partial charge in [0.2, 0.25) is 6.79 Å². The first-order valence-corrected chi connectivity index (χ1v) is 4.19. The van der Waals surface area contributed by atoms with Gasteiger partial charge >= 0.3 is 5.97 Å². The molecule has 0 unspecified atom stereocenters. The Labute approximate surface area is 85.8 Å². The number of nitriles is 1. The maximum absolute atomic E-state index is 11.3. The third-order valence-electron chi connectivity index (χ3n) is 2.06. The van der Waals surface area contributed by atoms with Crippen molar-refractivity contribution in [2.75, 3.05) is 13.9 Å². The van der Waals surface area contributed by atoms with Gasteiger partial charge in [0.15, 0.2) is 11.5 Å². The lowest BCUT2D eigenvalue weighted by Gasteiger charge is -2.04. The van der Waals surface area contributed by atoms with Crippen LogP contribution >= 0.6 is 0 Å². The predicted molar refractivity (Wildman–Crippen MR) is 48.6 cm³/mol. The molecule has 1 aromatic rings. The molecule has 0 N–H and O–H groups in total. The molecule has 76 valence electrons. The van der Waals surface area contributed by atoms with Crippen LogP contribution in [0.25, 0.3) is 0 Å². The molecule has 0 atom stereocenters. The van der Waals surface area contributed by atoms with E-state index >= 15 is 0 Å². The first kappa shape index (κ1) is 9.34. The van der Waals surface area contributed by atoms with Gasteiger partial charge in [0.1, 0.15) is 11.6 Å². The van der Waals surface area contributed by atoms with Crippen molar-refractivity contribution in [2.24, 2.45) is 0 Å².